The quantitative estimate of drug-likeness (QED) is 0.358. The summed E-state index contributed by atoms with van der Waals surface area (Å²) in [6.45, 7) is 4.00. The summed E-state index contributed by atoms with van der Waals surface area (Å²) < 4.78 is 3.64. The maximum Gasteiger partial charge on any atom is -0.00944 e. The van der Waals surface area contributed by atoms with Gasteiger partial charge in [0.15, 0.2) is 0 Å². The van der Waals surface area contributed by atoms with Gasteiger partial charge in [-0.25, -0.2) is 0 Å². The summed E-state index contributed by atoms with van der Waals surface area (Å²) in [5, 5.41) is 0. The molecular formula is C2H8OS2. The molecule has 0 aliphatic rings. The molecule has 0 aromatic rings. The third kappa shape index (κ3) is 75.7. The van der Waals surface area contributed by atoms with Gasteiger partial charge in [0.2, 0.25) is 0 Å². The van der Waals surface area contributed by atoms with E-state index < -0.39 is 0 Å². The van der Waals surface area contributed by atoms with Crippen molar-refractivity contribution >= 4 is 25.8 Å². The van der Waals surface area contributed by atoms with Crippen LogP contribution in [0.4, 0.5) is 0 Å². The molecular weight excluding hydrogens is 104 g/mol. The first kappa shape index (κ1) is 9.18. The molecule has 0 aliphatic heterocycles. The predicted octanol–water partition coefficient (Wildman–Crippen LogP) is 1.72. The maximum absolute atomic E-state index is 3.64. The summed E-state index contributed by atoms with van der Waals surface area (Å²) in [6, 6.07) is 0. The lowest BCUT2D eigenvalue weighted by Gasteiger charge is -1.55. The fourth-order valence-electron chi connectivity index (χ4n) is 0. The minimum atomic E-state index is 2.00. The smallest absolute Gasteiger partial charge is 0.00944 e. The molecule has 0 aromatic carbocycles. The van der Waals surface area contributed by atoms with Crippen LogP contribution in [-0.4, -0.2) is 0 Å². The van der Waals surface area contributed by atoms with Gasteiger partial charge in [0, 0.05) is 0 Å². The topological polar surface area (TPSA) is 9.23 Å². The average molecular weight is 112 g/mol. The highest BCUT2D eigenvalue weighted by molar-refractivity contribution is 7.89. The Morgan fingerprint density at radius 1 is 1.20 bits per heavy atom. The Labute approximate surface area is 44.0 Å². The molecule has 0 N–H and O–H groups in total. The van der Waals surface area contributed by atoms with Gasteiger partial charge in [-0.2, -0.15) is 0 Å². The van der Waals surface area contributed by atoms with E-state index in [0.717, 1.165) is 0 Å². The average Bonchev–Trinajstić information content (AvgIpc) is 1.46. The molecule has 1 nitrogen and oxygen atoms in total. The Kier molecular flexibility index (Phi) is 41.6. The number of hydrogen-bond acceptors (Lipinski definition) is 3. The third-order valence-electron chi connectivity index (χ3n) is 0. The van der Waals surface area contributed by atoms with Crippen LogP contribution in [0.25, 0.3) is 0 Å². The third-order valence-corrected chi connectivity index (χ3v) is 0. The minimum absolute atomic E-state index is 2.00. The van der Waals surface area contributed by atoms with Crippen molar-refractivity contribution in [2.75, 3.05) is 0 Å². The van der Waals surface area contributed by atoms with Gasteiger partial charge in [0.05, 0.1) is 0 Å². The second-order valence-corrected chi connectivity index (χ2v) is 0.735. The van der Waals surface area contributed by atoms with E-state index in [1.807, 2.05) is 13.8 Å². The molecule has 0 bridgehead atoms. The molecule has 0 aliphatic carbocycles. The van der Waals surface area contributed by atoms with Crippen LogP contribution in [0.5, 0.6) is 0 Å². The van der Waals surface area contributed by atoms with Crippen molar-refractivity contribution in [3.8, 4) is 0 Å². The maximum atomic E-state index is 3.64. The second kappa shape index (κ2) is 22.7. The summed E-state index contributed by atoms with van der Waals surface area (Å²) in [4.78, 5) is 0. The zero-order valence-corrected chi connectivity index (χ0v) is 5.09. The summed E-state index contributed by atoms with van der Waals surface area (Å²) in [7, 11) is 0. The molecule has 34 valence electrons. The monoisotopic (exact) mass is 112 g/mol. The van der Waals surface area contributed by atoms with Crippen molar-refractivity contribution in [1.82, 2.24) is 0 Å². The first-order chi connectivity index (χ1) is 2.41. The molecule has 0 unspecified atom stereocenters. The van der Waals surface area contributed by atoms with Crippen molar-refractivity contribution in [2.24, 2.45) is 0 Å². The Hall–Kier alpha value is 0.660. The number of thiol groups is 2. The van der Waals surface area contributed by atoms with Crippen LogP contribution < -0.4 is 0 Å². The summed E-state index contributed by atoms with van der Waals surface area (Å²) in [5.41, 5.74) is 0. The van der Waals surface area contributed by atoms with Crippen molar-refractivity contribution in [2.45, 2.75) is 13.8 Å². The summed E-state index contributed by atoms with van der Waals surface area (Å²) in [6.07, 6.45) is 0. The molecule has 0 spiro atoms. The number of rotatable bonds is 0. The SMILES string of the molecule is CC.SOS. The Bertz CT molecular complexity index is 7.61. The molecule has 0 fully saturated rings. The highest BCUT2D eigenvalue weighted by atomic mass is 32.2. The summed E-state index contributed by atoms with van der Waals surface area (Å²) in [5.74, 6) is 0. The zero-order valence-electron chi connectivity index (χ0n) is 3.30. The lowest BCUT2D eigenvalue weighted by molar-refractivity contribution is 0.791. The first-order valence-corrected chi connectivity index (χ1v) is 2.10. The Morgan fingerprint density at radius 3 is 1.20 bits per heavy atom. The van der Waals surface area contributed by atoms with Gasteiger partial charge in [-0.1, -0.05) is 13.8 Å². The van der Waals surface area contributed by atoms with Gasteiger partial charge in [0.25, 0.3) is 0 Å². The van der Waals surface area contributed by atoms with Crippen LogP contribution in [0.15, 0.2) is 0 Å². The van der Waals surface area contributed by atoms with E-state index in [4.69, 9.17) is 0 Å². The normalized spacial score (nSPS) is 4.80. The molecule has 0 radical (unpaired) electrons. The van der Waals surface area contributed by atoms with Crippen LogP contribution in [0.2, 0.25) is 0 Å². The van der Waals surface area contributed by atoms with Gasteiger partial charge < -0.3 is 0 Å². The number of hydrogen-bond donors (Lipinski definition) is 2. The highest BCUT2D eigenvalue weighted by Crippen LogP contribution is 1.75. The molecule has 0 saturated carbocycles. The van der Waals surface area contributed by atoms with E-state index in [2.05, 4.69) is 29.4 Å². The van der Waals surface area contributed by atoms with Crippen LogP contribution in [-0.2, 0) is 3.63 Å². The van der Waals surface area contributed by atoms with Gasteiger partial charge in [0.1, 0.15) is 0 Å². The van der Waals surface area contributed by atoms with Crippen LogP contribution >= 0.6 is 25.8 Å². The van der Waals surface area contributed by atoms with E-state index >= 15 is 0 Å². The zero-order chi connectivity index (χ0) is 4.71. The predicted molar refractivity (Wildman–Crippen MR) is 30.4 cm³/mol. The molecule has 0 heterocycles. The second-order valence-electron chi connectivity index (χ2n) is 0.0816. The largest absolute Gasteiger partial charge is 0.254 e. The van der Waals surface area contributed by atoms with E-state index in [1.54, 1.807) is 0 Å². The van der Waals surface area contributed by atoms with Crippen molar-refractivity contribution < 1.29 is 3.63 Å². The van der Waals surface area contributed by atoms with E-state index in [9.17, 15) is 0 Å². The first-order valence-electron chi connectivity index (χ1n) is 1.37. The van der Waals surface area contributed by atoms with Crippen molar-refractivity contribution in [1.29, 1.82) is 0 Å². The van der Waals surface area contributed by atoms with Gasteiger partial charge in [-0.15, -0.1) is 0 Å². The lowest BCUT2D eigenvalue weighted by Crippen LogP contribution is -1.17. The van der Waals surface area contributed by atoms with Gasteiger partial charge in [-0.05, 0) is 25.8 Å². The summed E-state index contributed by atoms with van der Waals surface area (Å²) >= 11 is 6.31. The van der Waals surface area contributed by atoms with Gasteiger partial charge >= 0.3 is 0 Å². The highest BCUT2D eigenvalue weighted by Gasteiger charge is 1.29. The molecule has 0 saturated heterocycles. The van der Waals surface area contributed by atoms with E-state index in [-0.39, 0.29) is 0 Å². The molecule has 5 heavy (non-hydrogen) atoms. The van der Waals surface area contributed by atoms with Crippen molar-refractivity contribution in [3.05, 3.63) is 0 Å². The molecule has 0 aromatic heterocycles. The van der Waals surface area contributed by atoms with Crippen LogP contribution in [0.1, 0.15) is 13.8 Å². The van der Waals surface area contributed by atoms with Crippen molar-refractivity contribution in [3.63, 3.8) is 0 Å². The standard InChI is InChI=1S/C2H6.H2OS2/c1-2;2-1-3/h1-2H3;2-3H. The lowest BCUT2D eigenvalue weighted by atomic mass is 11.0. The van der Waals surface area contributed by atoms with Gasteiger partial charge in [-0.3, -0.25) is 3.63 Å². The Balaban J connectivity index is 0. The van der Waals surface area contributed by atoms with Crippen LogP contribution in [0.3, 0.4) is 0 Å². The molecule has 0 rings (SSSR count). The van der Waals surface area contributed by atoms with Crippen LogP contribution in [0, 0.1) is 0 Å². The molecule has 3 heteroatoms. The fourth-order valence-corrected chi connectivity index (χ4v) is 0. The minimum Gasteiger partial charge on any atom is -0.254 e. The molecule has 0 atom stereocenters. The fraction of sp³-hybridized carbons (Fsp3) is 1.00. The van der Waals surface area contributed by atoms with E-state index in [0.29, 0.717) is 0 Å². The molecule has 0 amide bonds. The van der Waals surface area contributed by atoms with E-state index in [1.165, 1.54) is 0 Å². The Morgan fingerprint density at radius 2 is 1.20 bits per heavy atom.